The van der Waals surface area contributed by atoms with E-state index in [1.54, 1.807) is 0 Å². The van der Waals surface area contributed by atoms with Crippen LogP contribution in [0.3, 0.4) is 0 Å². The second-order valence-electron chi connectivity index (χ2n) is 5.49. The molecule has 1 aliphatic carbocycles. The number of esters is 1. The SMILES string of the molecule is COC(=O)CNC1=C(C#N)C(=C(C#N)C#N)CC(C)(C)C1. The summed E-state index contributed by atoms with van der Waals surface area (Å²) in [6.45, 7) is 3.90. The Morgan fingerprint density at radius 2 is 1.90 bits per heavy atom. The standard InChI is InChI=1S/C15H16N4O2/c1-15(2)4-11(10(6-16)7-17)12(8-18)13(5-15)19-9-14(20)21-3/h19H,4-5,9H2,1-3H3. The maximum atomic E-state index is 11.2. The van der Waals surface area contributed by atoms with Crippen LogP contribution in [0.4, 0.5) is 0 Å². The summed E-state index contributed by atoms with van der Waals surface area (Å²) < 4.78 is 4.56. The van der Waals surface area contributed by atoms with E-state index >= 15 is 0 Å². The number of ether oxygens (including phenoxy) is 1. The van der Waals surface area contributed by atoms with Gasteiger partial charge in [-0.15, -0.1) is 0 Å². The van der Waals surface area contributed by atoms with Gasteiger partial charge >= 0.3 is 5.97 Å². The Morgan fingerprint density at radius 3 is 2.38 bits per heavy atom. The summed E-state index contributed by atoms with van der Waals surface area (Å²) in [5, 5.41) is 30.3. The van der Waals surface area contributed by atoms with Gasteiger partial charge in [-0.05, 0) is 18.3 Å². The molecule has 0 aromatic carbocycles. The van der Waals surface area contributed by atoms with Crippen molar-refractivity contribution in [3.63, 3.8) is 0 Å². The van der Waals surface area contributed by atoms with E-state index in [2.05, 4.69) is 10.1 Å². The summed E-state index contributed by atoms with van der Waals surface area (Å²) in [4.78, 5) is 11.2. The molecule has 0 saturated carbocycles. The molecule has 0 aromatic heterocycles. The van der Waals surface area contributed by atoms with Gasteiger partial charge in [0, 0.05) is 11.3 Å². The van der Waals surface area contributed by atoms with Crippen LogP contribution in [0.25, 0.3) is 0 Å². The van der Waals surface area contributed by atoms with E-state index in [0.717, 1.165) is 0 Å². The normalized spacial score (nSPS) is 16.3. The largest absolute Gasteiger partial charge is 0.468 e. The summed E-state index contributed by atoms with van der Waals surface area (Å²) >= 11 is 0. The number of hydrogen-bond acceptors (Lipinski definition) is 6. The Balaban J connectivity index is 3.32. The molecule has 0 radical (unpaired) electrons. The molecule has 1 rings (SSSR count). The number of rotatable bonds is 3. The summed E-state index contributed by atoms with van der Waals surface area (Å²) in [6, 6.07) is 5.71. The van der Waals surface area contributed by atoms with Crippen molar-refractivity contribution in [1.29, 1.82) is 15.8 Å². The molecule has 6 nitrogen and oxygen atoms in total. The first-order valence-electron chi connectivity index (χ1n) is 6.36. The third-order valence-electron chi connectivity index (χ3n) is 3.23. The lowest BCUT2D eigenvalue weighted by atomic mass is 9.73. The highest BCUT2D eigenvalue weighted by atomic mass is 16.5. The van der Waals surface area contributed by atoms with Crippen LogP contribution < -0.4 is 5.32 Å². The Labute approximate surface area is 123 Å². The summed E-state index contributed by atoms with van der Waals surface area (Å²) in [5.74, 6) is -0.450. The highest BCUT2D eigenvalue weighted by molar-refractivity contribution is 5.72. The number of nitriles is 3. The summed E-state index contributed by atoms with van der Waals surface area (Å²) in [6.07, 6.45) is 1.02. The minimum absolute atomic E-state index is 0.0586. The van der Waals surface area contributed by atoms with E-state index in [4.69, 9.17) is 10.5 Å². The third-order valence-corrected chi connectivity index (χ3v) is 3.23. The van der Waals surface area contributed by atoms with Crippen molar-refractivity contribution in [1.82, 2.24) is 5.32 Å². The molecule has 108 valence electrons. The maximum absolute atomic E-state index is 11.2. The lowest BCUT2D eigenvalue weighted by Crippen LogP contribution is -2.31. The minimum Gasteiger partial charge on any atom is -0.468 e. The molecule has 0 aromatic rings. The second-order valence-corrected chi connectivity index (χ2v) is 5.49. The van der Waals surface area contributed by atoms with Gasteiger partial charge in [0.05, 0.1) is 12.7 Å². The minimum atomic E-state index is -0.450. The number of carbonyl (C=O) groups is 1. The Kier molecular flexibility index (Phi) is 5.11. The van der Waals surface area contributed by atoms with Crippen LogP contribution in [0, 0.1) is 39.4 Å². The number of nitrogens with one attached hydrogen (secondary N) is 1. The molecule has 0 aliphatic heterocycles. The van der Waals surface area contributed by atoms with E-state index in [-0.39, 0.29) is 23.1 Å². The molecule has 0 heterocycles. The second kappa shape index (κ2) is 6.59. The van der Waals surface area contributed by atoms with E-state index in [1.165, 1.54) is 7.11 Å². The van der Waals surface area contributed by atoms with Crippen LogP contribution in [-0.4, -0.2) is 19.6 Å². The van der Waals surface area contributed by atoms with Crippen LogP contribution in [-0.2, 0) is 9.53 Å². The Bertz CT molecular complexity index is 620. The lowest BCUT2D eigenvalue weighted by molar-refractivity contribution is -0.139. The Morgan fingerprint density at radius 1 is 1.29 bits per heavy atom. The average Bonchev–Trinajstić information content (AvgIpc) is 2.44. The molecule has 0 atom stereocenters. The van der Waals surface area contributed by atoms with Crippen LogP contribution in [0.1, 0.15) is 26.7 Å². The molecule has 1 aliphatic rings. The predicted octanol–water partition coefficient (Wildman–Crippen LogP) is 1.69. The molecule has 0 saturated heterocycles. The van der Waals surface area contributed by atoms with Crippen molar-refractivity contribution in [3.8, 4) is 18.2 Å². The molecule has 1 N–H and O–H groups in total. The van der Waals surface area contributed by atoms with Gasteiger partial charge < -0.3 is 10.1 Å². The zero-order valence-corrected chi connectivity index (χ0v) is 12.3. The first-order chi connectivity index (χ1) is 9.88. The maximum Gasteiger partial charge on any atom is 0.325 e. The third kappa shape index (κ3) is 3.84. The molecule has 0 fully saturated rings. The summed E-state index contributed by atoms with van der Waals surface area (Å²) in [7, 11) is 1.28. The summed E-state index contributed by atoms with van der Waals surface area (Å²) in [5.41, 5.74) is 1.00. The van der Waals surface area contributed by atoms with Crippen LogP contribution in [0.15, 0.2) is 22.4 Å². The molecule has 0 spiro atoms. The predicted molar refractivity (Wildman–Crippen MR) is 73.9 cm³/mol. The zero-order valence-electron chi connectivity index (χ0n) is 12.3. The molecule has 21 heavy (non-hydrogen) atoms. The van der Waals surface area contributed by atoms with Gasteiger partial charge in [0.25, 0.3) is 0 Å². The molecule has 0 bridgehead atoms. The monoisotopic (exact) mass is 284 g/mol. The van der Waals surface area contributed by atoms with Crippen molar-refractivity contribution in [2.75, 3.05) is 13.7 Å². The van der Waals surface area contributed by atoms with Gasteiger partial charge in [-0.25, -0.2) is 0 Å². The zero-order chi connectivity index (χ0) is 16.0. The van der Waals surface area contributed by atoms with Crippen molar-refractivity contribution in [3.05, 3.63) is 22.4 Å². The number of allylic oxidation sites excluding steroid dienone is 4. The Hall–Kier alpha value is -2.78. The van der Waals surface area contributed by atoms with Crippen molar-refractivity contribution >= 4 is 5.97 Å². The van der Waals surface area contributed by atoms with Crippen LogP contribution >= 0.6 is 0 Å². The van der Waals surface area contributed by atoms with Crippen LogP contribution in [0.2, 0.25) is 0 Å². The molecular weight excluding hydrogens is 268 g/mol. The van der Waals surface area contributed by atoms with Gasteiger partial charge in [0.1, 0.15) is 30.3 Å². The van der Waals surface area contributed by atoms with Gasteiger partial charge in [0.2, 0.25) is 0 Å². The molecule has 0 amide bonds. The first kappa shape index (κ1) is 16.3. The number of hydrogen-bond donors (Lipinski definition) is 1. The highest BCUT2D eigenvalue weighted by Crippen LogP contribution is 2.41. The van der Waals surface area contributed by atoms with E-state index in [9.17, 15) is 10.1 Å². The van der Waals surface area contributed by atoms with Gasteiger partial charge in [-0.3, -0.25) is 4.79 Å². The van der Waals surface area contributed by atoms with Crippen molar-refractivity contribution < 1.29 is 9.53 Å². The molecule has 0 unspecified atom stereocenters. The smallest absolute Gasteiger partial charge is 0.325 e. The lowest BCUT2D eigenvalue weighted by Gasteiger charge is -2.33. The fourth-order valence-electron chi connectivity index (χ4n) is 2.29. The molecular formula is C15H16N4O2. The molecule has 6 heteroatoms. The topological polar surface area (TPSA) is 110 Å². The fourth-order valence-corrected chi connectivity index (χ4v) is 2.29. The van der Waals surface area contributed by atoms with Crippen molar-refractivity contribution in [2.24, 2.45) is 5.41 Å². The van der Waals surface area contributed by atoms with Gasteiger partial charge in [-0.2, -0.15) is 15.8 Å². The van der Waals surface area contributed by atoms with E-state index in [0.29, 0.717) is 24.1 Å². The number of methoxy groups -OCH3 is 1. The van der Waals surface area contributed by atoms with Gasteiger partial charge in [-0.1, -0.05) is 13.8 Å². The van der Waals surface area contributed by atoms with E-state index < -0.39 is 5.97 Å². The first-order valence-corrected chi connectivity index (χ1v) is 6.36. The van der Waals surface area contributed by atoms with Gasteiger partial charge in [0.15, 0.2) is 0 Å². The van der Waals surface area contributed by atoms with Crippen LogP contribution in [0.5, 0.6) is 0 Å². The fraction of sp³-hybridized carbons (Fsp3) is 0.467. The van der Waals surface area contributed by atoms with E-state index in [1.807, 2.05) is 32.1 Å². The number of nitrogens with zero attached hydrogens (tertiary/aromatic N) is 3. The average molecular weight is 284 g/mol. The number of carbonyl (C=O) groups excluding carboxylic acids is 1. The van der Waals surface area contributed by atoms with Crippen molar-refractivity contribution in [2.45, 2.75) is 26.7 Å². The quantitative estimate of drug-likeness (QED) is 0.623. The highest BCUT2D eigenvalue weighted by Gasteiger charge is 2.32.